The summed E-state index contributed by atoms with van der Waals surface area (Å²) >= 11 is 0. The van der Waals surface area contributed by atoms with Crippen LogP contribution in [0.2, 0.25) is 0 Å². The van der Waals surface area contributed by atoms with Gasteiger partial charge in [0.2, 0.25) is 0 Å². The smallest absolute Gasteiger partial charge is 0.305 e. The molecular weight excluding hydrogens is 168 g/mol. The number of aryl methyl sites for hydroxylation is 1. The Kier molecular flexibility index (Phi) is 2.97. The Morgan fingerprint density at radius 3 is 2.85 bits per heavy atom. The third-order valence-corrected chi connectivity index (χ3v) is 1.71. The summed E-state index contributed by atoms with van der Waals surface area (Å²) in [5, 5.41) is 8.49. The lowest BCUT2D eigenvalue weighted by Crippen LogP contribution is -2.16. The molecule has 0 aliphatic heterocycles. The Hall–Kier alpha value is -1.42. The van der Waals surface area contributed by atoms with Crippen molar-refractivity contribution in [3.05, 3.63) is 29.6 Å². The number of aliphatic carboxylic acids is 1. The van der Waals surface area contributed by atoms with Gasteiger partial charge in [0.15, 0.2) is 0 Å². The van der Waals surface area contributed by atoms with Gasteiger partial charge < -0.3 is 10.8 Å². The van der Waals surface area contributed by atoms with Crippen LogP contribution >= 0.6 is 0 Å². The fourth-order valence-electron chi connectivity index (χ4n) is 0.991. The van der Waals surface area contributed by atoms with E-state index in [-0.39, 0.29) is 6.42 Å². The molecule has 1 aromatic heterocycles. The van der Waals surface area contributed by atoms with Crippen LogP contribution in [-0.2, 0) is 4.79 Å². The first-order valence-electron chi connectivity index (χ1n) is 3.99. The van der Waals surface area contributed by atoms with Crippen LogP contribution in [0.3, 0.4) is 0 Å². The van der Waals surface area contributed by atoms with Gasteiger partial charge in [-0.25, -0.2) is 0 Å². The van der Waals surface area contributed by atoms with Crippen LogP contribution in [0, 0.1) is 6.92 Å². The van der Waals surface area contributed by atoms with Crippen LogP contribution in [-0.4, -0.2) is 16.1 Å². The second kappa shape index (κ2) is 4.00. The van der Waals surface area contributed by atoms with Crippen molar-refractivity contribution in [3.8, 4) is 0 Å². The Morgan fingerprint density at radius 1 is 1.69 bits per heavy atom. The first-order valence-corrected chi connectivity index (χ1v) is 3.99. The molecule has 1 atom stereocenters. The number of carboxylic acids is 1. The predicted octanol–water partition coefficient (Wildman–Crippen LogP) is 0.865. The van der Waals surface area contributed by atoms with Crippen LogP contribution in [0.5, 0.6) is 0 Å². The lowest BCUT2D eigenvalue weighted by Gasteiger charge is -2.07. The van der Waals surface area contributed by atoms with E-state index in [0.29, 0.717) is 5.69 Å². The van der Waals surface area contributed by atoms with Crippen molar-refractivity contribution in [1.82, 2.24) is 4.98 Å². The van der Waals surface area contributed by atoms with E-state index in [0.717, 1.165) is 5.56 Å². The zero-order valence-electron chi connectivity index (χ0n) is 7.40. The summed E-state index contributed by atoms with van der Waals surface area (Å²) in [5.74, 6) is -0.908. The van der Waals surface area contributed by atoms with E-state index in [1.807, 2.05) is 13.0 Å². The van der Waals surface area contributed by atoms with E-state index in [1.54, 1.807) is 12.3 Å². The maximum atomic E-state index is 10.3. The van der Waals surface area contributed by atoms with Gasteiger partial charge in [-0.05, 0) is 18.6 Å². The van der Waals surface area contributed by atoms with Gasteiger partial charge in [-0.3, -0.25) is 9.78 Å². The van der Waals surface area contributed by atoms with Crippen LogP contribution in [0.1, 0.15) is 23.7 Å². The summed E-state index contributed by atoms with van der Waals surface area (Å²) in [7, 11) is 0. The number of aromatic nitrogens is 1. The SMILES string of the molecule is Cc1ccc(C(N)CC(=O)O)nc1. The van der Waals surface area contributed by atoms with Crippen molar-refractivity contribution < 1.29 is 9.90 Å². The first kappa shape index (κ1) is 9.67. The minimum absolute atomic E-state index is 0.0872. The number of hydrogen-bond donors (Lipinski definition) is 2. The highest BCUT2D eigenvalue weighted by atomic mass is 16.4. The molecule has 0 aliphatic rings. The van der Waals surface area contributed by atoms with Crippen molar-refractivity contribution in [1.29, 1.82) is 0 Å². The topological polar surface area (TPSA) is 76.2 Å². The van der Waals surface area contributed by atoms with Gasteiger partial charge in [-0.1, -0.05) is 6.07 Å². The normalized spacial score (nSPS) is 12.5. The number of nitrogens with zero attached hydrogens (tertiary/aromatic N) is 1. The summed E-state index contributed by atoms with van der Waals surface area (Å²) < 4.78 is 0. The number of rotatable bonds is 3. The number of hydrogen-bond acceptors (Lipinski definition) is 3. The highest BCUT2D eigenvalue weighted by molar-refractivity contribution is 5.67. The molecule has 13 heavy (non-hydrogen) atoms. The minimum atomic E-state index is -0.908. The summed E-state index contributed by atoms with van der Waals surface area (Å²) in [5.41, 5.74) is 7.25. The number of pyridine rings is 1. The molecule has 4 heteroatoms. The van der Waals surface area contributed by atoms with Gasteiger partial charge in [0.25, 0.3) is 0 Å². The van der Waals surface area contributed by atoms with E-state index in [9.17, 15) is 4.79 Å². The lowest BCUT2D eigenvalue weighted by atomic mass is 10.1. The minimum Gasteiger partial charge on any atom is -0.481 e. The Morgan fingerprint density at radius 2 is 2.38 bits per heavy atom. The number of carbonyl (C=O) groups is 1. The van der Waals surface area contributed by atoms with Crippen molar-refractivity contribution in [3.63, 3.8) is 0 Å². The molecule has 0 amide bonds. The molecule has 1 aromatic rings. The van der Waals surface area contributed by atoms with Crippen LogP contribution in [0.25, 0.3) is 0 Å². The average Bonchev–Trinajstić information content (AvgIpc) is 2.04. The van der Waals surface area contributed by atoms with Gasteiger partial charge in [-0.15, -0.1) is 0 Å². The molecule has 0 aliphatic carbocycles. The maximum absolute atomic E-state index is 10.3. The largest absolute Gasteiger partial charge is 0.481 e. The standard InChI is InChI=1S/C9H12N2O2/c1-6-2-3-8(11-5-6)7(10)4-9(12)13/h2-3,5,7H,4,10H2,1H3,(H,12,13). The van der Waals surface area contributed by atoms with Gasteiger partial charge >= 0.3 is 5.97 Å². The molecule has 0 fully saturated rings. The summed E-state index contributed by atoms with van der Waals surface area (Å²) in [4.78, 5) is 14.4. The summed E-state index contributed by atoms with van der Waals surface area (Å²) in [6, 6.07) is 3.10. The molecule has 70 valence electrons. The number of carboxylic acid groups (broad SMARTS) is 1. The van der Waals surface area contributed by atoms with Crippen LogP contribution in [0.15, 0.2) is 18.3 Å². The second-order valence-corrected chi connectivity index (χ2v) is 2.96. The average molecular weight is 180 g/mol. The molecule has 0 spiro atoms. The molecule has 0 aromatic carbocycles. The second-order valence-electron chi connectivity index (χ2n) is 2.96. The Labute approximate surface area is 76.4 Å². The fourth-order valence-corrected chi connectivity index (χ4v) is 0.991. The molecule has 3 N–H and O–H groups in total. The van der Waals surface area contributed by atoms with E-state index in [4.69, 9.17) is 10.8 Å². The van der Waals surface area contributed by atoms with Crippen molar-refractivity contribution in [2.45, 2.75) is 19.4 Å². The van der Waals surface area contributed by atoms with E-state index >= 15 is 0 Å². The maximum Gasteiger partial charge on any atom is 0.305 e. The first-order chi connectivity index (χ1) is 6.09. The highest BCUT2D eigenvalue weighted by Gasteiger charge is 2.10. The van der Waals surface area contributed by atoms with E-state index in [1.165, 1.54) is 0 Å². The molecule has 4 nitrogen and oxygen atoms in total. The van der Waals surface area contributed by atoms with Crippen LogP contribution < -0.4 is 5.73 Å². The zero-order chi connectivity index (χ0) is 9.84. The Balaban J connectivity index is 2.71. The van der Waals surface area contributed by atoms with E-state index < -0.39 is 12.0 Å². The molecule has 1 unspecified atom stereocenters. The van der Waals surface area contributed by atoms with Crippen molar-refractivity contribution in [2.75, 3.05) is 0 Å². The fraction of sp³-hybridized carbons (Fsp3) is 0.333. The quantitative estimate of drug-likeness (QED) is 0.723. The highest BCUT2D eigenvalue weighted by Crippen LogP contribution is 2.10. The molecule has 0 saturated carbocycles. The van der Waals surface area contributed by atoms with Gasteiger partial charge in [0, 0.05) is 6.20 Å². The summed E-state index contributed by atoms with van der Waals surface area (Å²) in [6.07, 6.45) is 1.59. The van der Waals surface area contributed by atoms with Crippen LogP contribution in [0.4, 0.5) is 0 Å². The third kappa shape index (κ3) is 2.83. The Bertz CT molecular complexity index is 295. The lowest BCUT2D eigenvalue weighted by molar-refractivity contribution is -0.137. The molecule has 1 rings (SSSR count). The van der Waals surface area contributed by atoms with Crippen molar-refractivity contribution in [2.24, 2.45) is 5.73 Å². The van der Waals surface area contributed by atoms with Gasteiger partial charge in [0.1, 0.15) is 0 Å². The zero-order valence-corrected chi connectivity index (χ0v) is 7.40. The van der Waals surface area contributed by atoms with Crippen molar-refractivity contribution >= 4 is 5.97 Å². The number of nitrogens with two attached hydrogens (primary N) is 1. The monoisotopic (exact) mass is 180 g/mol. The molecular formula is C9H12N2O2. The molecule has 0 radical (unpaired) electrons. The predicted molar refractivity (Wildman–Crippen MR) is 48.2 cm³/mol. The summed E-state index contributed by atoms with van der Waals surface area (Å²) in [6.45, 7) is 1.92. The molecule has 0 bridgehead atoms. The third-order valence-electron chi connectivity index (χ3n) is 1.71. The molecule has 1 heterocycles. The van der Waals surface area contributed by atoms with Gasteiger partial charge in [0.05, 0.1) is 18.2 Å². The molecule has 0 saturated heterocycles. The van der Waals surface area contributed by atoms with Gasteiger partial charge in [-0.2, -0.15) is 0 Å². The van der Waals surface area contributed by atoms with E-state index in [2.05, 4.69) is 4.98 Å².